The number of ether oxygens (including phenoxy) is 3. The molecule has 0 aliphatic carbocycles. The van der Waals surface area contributed by atoms with Crippen molar-refractivity contribution >= 4 is 29.7 Å². The van der Waals surface area contributed by atoms with E-state index in [1.54, 1.807) is 50.1 Å². The fourth-order valence-electron chi connectivity index (χ4n) is 3.22. The van der Waals surface area contributed by atoms with Gasteiger partial charge in [-0.05, 0) is 36.8 Å². The summed E-state index contributed by atoms with van der Waals surface area (Å²) in [6.07, 6.45) is 0.190. The third kappa shape index (κ3) is 6.76. The molecule has 2 amide bonds. The Labute approximate surface area is 196 Å². The number of amides is 2. The highest BCUT2D eigenvalue weighted by atomic mass is 32.2. The van der Waals surface area contributed by atoms with Gasteiger partial charge in [-0.3, -0.25) is 4.79 Å². The van der Waals surface area contributed by atoms with E-state index in [9.17, 15) is 14.4 Å². The van der Waals surface area contributed by atoms with Gasteiger partial charge in [0.15, 0.2) is 0 Å². The molecular formula is C24H26N2O6S. The lowest BCUT2D eigenvalue weighted by Crippen LogP contribution is -2.47. The number of hydrogen-bond acceptors (Lipinski definition) is 7. The SMILES string of the molecule is CCOC(=O)C1=C(COC(=O)CCSc2ccccc2)NC(=O)NC1c1ccc(OC)cc1. The number of nitrogens with one attached hydrogen (secondary N) is 2. The zero-order valence-electron chi connectivity index (χ0n) is 18.5. The lowest BCUT2D eigenvalue weighted by Gasteiger charge is -2.29. The summed E-state index contributed by atoms with van der Waals surface area (Å²) in [4.78, 5) is 38.4. The van der Waals surface area contributed by atoms with Crippen LogP contribution in [0, 0.1) is 0 Å². The van der Waals surface area contributed by atoms with Gasteiger partial charge in [0.25, 0.3) is 0 Å². The molecule has 1 atom stereocenters. The fourth-order valence-corrected chi connectivity index (χ4v) is 4.08. The molecular weight excluding hydrogens is 444 g/mol. The predicted octanol–water partition coefficient (Wildman–Crippen LogP) is 3.59. The van der Waals surface area contributed by atoms with Crippen molar-refractivity contribution in [2.75, 3.05) is 26.1 Å². The van der Waals surface area contributed by atoms with Gasteiger partial charge in [-0.1, -0.05) is 30.3 Å². The second-order valence-electron chi connectivity index (χ2n) is 6.99. The summed E-state index contributed by atoms with van der Waals surface area (Å²) in [6.45, 7) is 1.61. The molecule has 0 spiro atoms. The lowest BCUT2D eigenvalue weighted by atomic mass is 9.95. The van der Waals surface area contributed by atoms with Crippen LogP contribution in [0.4, 0.5) is 4.79 Å². The van der Waals surface area contributed by atoms with E-state index >= 15 is 0 Å². The van der Waals surface area contributed by atoms with Crippen LogP contribution in [0.3, 0.4) is 0 Å². The van der Waals surface area contributed by atoms with Gasteiger partial charge in [0.1, 0.15) is 12.4 Å². The molecule has 2 aromatic rings. The molecule has 0 saturated carbocycles. The zero-order valence-corrected chi connectivity index (χ0v) is 19.3. The Bertz CT molecular complexity index is 1010. The second-order valence-corrected chi connectivity index (χ2v) is 8.16. The Morgan fingerprint density at radius 1 is 1.03 bits per heavy atom. The summed E-state index contributed by atoms with van der Waals surface area (Å²) in [5.74, 6) is 0.164. The molecule has 1 aliphatic rings. The molecule has 0 radical (unpaired) electrons. The van der Waals surface area contributed by atoms with Crippen molar-refractivity contribution in [1.82, 2.24) is 10.6 Å². The van der Waals surface area contributed by atoms with E-state index in [-0.39, 0.29) is 30.9 Å². The van der Waals surface area contributed by atoms with Gasteiger partial charge in [-0.25, -0.2) is 9.59 Å². The van der Waals surface area contributed by atoms with Crippen molar-refractivity contribution in [2.45, 2.75) is 24.3 Å². The van der Waals surface area contributed by atoms with E-state index in [1.807, 2.05) is 30.3 Å². The van der Waals surface area contributed by atoms with Crippen LogP contribution in [0.5, 0.6) is 5.75 Å². The average molecular weight is 471 g/mol. The van der Waals surface area contributed by atoms with Gasteiger partial charge in [-0.15, -0.1) is 11.8 Å². The second kappa shape index (κ2) is 12.0. The van der Waals surface area contributed by atoms with E-state index in [1.165, 1.54) is 0 Å². The van der Waals surface area contributed by atoms with Gasteiger partial charge in [0.2, 0.25) is 0 Å². The number of rotatable bonds is 10. The van der Waals surface area contributed by atoms with Crippen molar-refractivity contribution in [2.24, 2.45) is 0 Å². The molecule has 1 aliphatic heterocycles. The van der Waals surface area contributed by atoms with Gasteiger partial charge in [-0.2, -0.15) is 0 Å². The first-order valence-corrected chi connectivity index (χ1v) is 11.5. The molecule has 33 heavy (non-hydrogen) atoms. The quantitative estimate of drug-likeness (QED) is 0.404. The Morgan fingerprint density at radius 3 is 2.42 bits per heavy atom. The Morgan fingerprint density at radius 2 is 1.76 bits per heavy atom. The Balaban J connectivity index is 1.72. The van der Waals surface area contributed by atoms with Crippen LogP contribution in [0.2, 0.25) is 0 Å². The summed E-state index contributed by atoms with van der Waals surface area (Å²) in [5, 5.41) is 5.32. The largest absolute Gasteiger partial charge is 0.497 e. The minimum atomic E-state index is -0.758. The normalized spacial score (nSPS) is 15.3. The monoisotopic (exact) mass is 470 g/mol. The van der Waals surface area contributed by atoms with Gasteiger partial charge in [0.05, 0.1) is 37.4 Å². The zero-order chi connectivity index (χ0) is 23.6. The molecule has 0 fully saturated rings. The highest BCUT2D eigenvalue weighted by molar-refractivity contribution is 7.99. The molecule has 0 bridgehead atoms. The van der Waals surface area contributed by atoms with Crippen LogP contribution in [-0.4, -0.2) is 44.0 Å². The summed E-state index contributed by atoms with van der Waals surface area (Å²) in [5.41, 5.74) is 1.05. The van der Waals surface area contributed by atoms with Crippen molar-refractivity contribution < 1.29 is 28.6 Å². The highest BCUT2D eigenvalue weighted by Gasteiger charge is 2.34. The summed E-state index contributed by atoms with van der Waals surface area (Å²) >= 11 is 1.55. The smallest absolute Gasteiger partial charge is 0.338 e. The first kappa shape index (κ1) is 24.2. The standard InChI is InChI=1S/C24H26N2O6S/c1-3-31-23(28)21-19(15-32-20(27)13-14-33-18-7-5-4-6-8-18)25-24(29)26-22(21)16-9-11-17(30-2)12-10-16/h4-12,22H,3,13-15H2,1-2H3,(H2,25,26,29). The molecule has 9 heteroatoms. The number of carbonyl (C=O) groups is 3. The van der Waals surface area contributed by atoms with E-state index < -0.39 is 24.0 Å². The van der Waals surface area contributed by atoms with Crippen LogP contribution in [0.15, 0.2) is 70.8 Å². The van der Waals surface area contributed by atoms with Crippen LogP contribution < -0.4 is 15.4 Å². The molecule has 2 aromatic carbocycles. The molecule has 0 saturated heterocycles. The minimum Gasteiger partial charge on any atom is -0.497 e. The number of urea groups is 1. The van der Waals surface area contributed by atoms with E-state index in [4.69, 9.17) is 14.2 Å². The number of carbonyl (C=O) groups excluding carboxylic acids is 3. The van der Waals surface area contributed by atoms with Crippen molar-refractivity contribution in [3.05, 3.63) is 71.4 Å². The first-order chi connectivity index (χ1) is 16.0. The molecule has 1 unspecified atom stereocenters. The first-order valence-electron chi connectivity index (χ1n) is 10.5. The number of benzene rings is 2. The van der Waals surface area contributed by atoms with Crippen LogP contribution in [-0.2, 0) is 19.1 Å². The molecule has 8 nitrogen and oxygen atoms in total. The third-order valence-electron chi connectivity index (χ3n) is 4.79. The topological polar surface area (TPSA) is 103 Å². The molecule has 2 N–H and O–H groups in total. The summed E-state index contributed by atoms with van der Waals surface area (Å²) in [6, 6.07) is 15.4. The summed E-state index contributed by atoms with van der Waals surface area (Å²) in [7, 11) is 1.55. The molecule has 0 aromatic heterocycles. The van der Waals surface area contributed by atoms with Gasteiger partial charge >= 0.3 is 18.0 Å². The van der Waals surface area contributed by atoms with Crippen LogP contribution in [0.25, 0.3) is 0 Å². The van der Waals surface area contributed by atoms with E-state index in [2.05, 4.69) is 10.6 Å². The Hall–Kier alpha value is -3.46. The maximum absolute atomic E-state index is 12.8. The number of thioether (sulfide) groups is 1. The van der Waals surface area contributed by atoms with Crippen LogP contribution in [0.1, 0.15) is 24.9 Å². The van der Waals surface area contributed by atoms with Crippen molar-refractivity contribution in [1.29, 1.82) is 0 Å². The predicted molar refractivity (Wildman–Crippen MR) is 124 cm³/mol. The average Bonchev–Trinajstić information content (AvgIpc) is 2.83. The third-order valence-corrected chi connectivity index (χ3v) is 5.81. The van der Waals surface area contributed by atoms with Crippen LogP contribution >= 0.6 is 11.8 Å². The maximum Gasteiger partial charge on any atom is 0.338 e. The number of esters is 2. The highest BCUT2D eigenvalue weighted by Crippen LogP contribution is 2.29. The Kier molecular flexibility index (Phi) is 8.77. The van der Waals surface area contributed by atoms with Crippen molar-refractivity contribution in [3.63, 3.8) is 0 Å². The lowest BCUT2D eigenvalue weighted by molar-refractivity contribution is -0.143. The van der Waals surface area contributed by atoms with Crippen molar-refractivity contribution in [3.8, 4) is 5.75 Å². The summed E-state index contributed by atoms with van der Waals surface area (Å²) < 4.78 is 15.7. The number of hydrogen-bond donors (Lipinski definition) is 2. The molecule has 3 rings (SSSR count). The van der Waals surface area contributed by atoms with Gasteiger partial charge < -0.3 is 24.8 Å². The molecule has 1 heterocycles. The van der Waals surface area contributed by atoms with Gasteiger partial charge in [0, 0.05) is 10.6 Å². The van der Waals surface area contributed by atoms with E-state index in [0.717, 1.165) is 4.90 Å². The van der Waals surface area contributed by atoms with E-state index in [0.29, 0.717) is 17.1 Å². The molecule has 174 valence electrons. The minimum absolute atomic E-state index is 0.162. The maximum atomic E-state index is 12.8. The fraction of sp³-hybridized carbons (Fsp3) is 0.292. The number of methoxy groups -OCH3 is 1.